The topological polar surface area (TPSA) is 159 Å². The first-order valence-corrected chi connectivity index (χ1v) is 12.6. The van der Waals surface area contributed by atoms with Crippen molar-refractivity contribution in [2.75, 3.05) is 31.8 Å². The minimum atomic E-state index is -0.367. The molecule has 1 amide bonds. The van der Waals surface area contributed by atoms with Crippen LogP contribution >= 0.6 is 11.6 Å². The van der Waals surface area contributed by atoms with Crippen molar-refractivity contribution in [3.63, 3.8) is 0 Å². The Hall–Kier alpha value is -4.51. The average Bonchev–Trinajstić information content (AvgIpc) is 3.46. The third kappa shape index (κ3) is 5.53. The van der Waals surface area contributed by atoms with E-state index in [0.29, 0.717) is 40.1 Å². The van der Waals surface area contributed by atoms with Crippen molar-refractivity contribution >= 4 is 34.9 Å². The van der Waals surface area contributed by atoms with Crippen LogP contribution in [0.25, 0.3) is 11.1 Å². The number of nitrogens with one attached hydrogen (secondary N) is 3. The zero-order valence-corrected chi connectivity index (χ0v) is 23.1. The number of nitrogens with two attached hydrogens (primary N) is 1. The van der Waals surface area contributed by atoms with Gasteiger partial charge in [-0.2, -0.15) is 5.10 Å². The van der Waals surface area contributed by atoms with Gasteiger partial charge >= 0.3 is 0 Å². The number of halogens is 1. The van der Waals surface area contributed by atoms with Crippen LogP contribution in [0, 0.1) is 12.3 Å². The molecule has 4 rings (SSSR count). The van der Waals surface area contributed by atoms with Crippen molar-refractivity contribution in [1.29, 1.82) is 5.41 Å². The number of ether oxygens (including phenoxy) is 1. The van der Waals surface area contributed by atoms with Gasteiger partial charge in [-0.15, -0.1) is 0 Å². The molecule has 0 saturated heterocycles. The summed E-state index contributed by atoms with van der Waals surface area (Å²) >= 11 is 6.73. The van der Waals surface area contributed by atoms with Crippen LogP contribution in [0.5, 0.6) is 5.75 Å². The van der Waals surface area contributed by atoms with Crippen LogP contribution in [-0.4, -0.2) is 62.4 Å². The Kier molecular flexibility index (Phi) is 8.10. The molecule has 39 heavy (non-hydrogen) atoms. The molecule has 0 saturated carbocycles. The molecular weight excluding hydrogens is 518 g/mol. The number of H-pyrrole nitrogens is 1. The fourth-order valence-corrected chi connectivity index (χ4v) is 4.39. The first-order chi connectivity index (χ1) is 18.6. The van der Waals surface area contributed by atoms with E-state index >= 15 is 0 Å². The summed E-state index contributed by atoms with van der Waals surface area (Å²) in [6.45, 7) is 6.17. The number of benzene rings is 1. The van der Waals surface area contributed by atoms with E-state index in [9.17, 15) is 4.79 Å². The maximum atomic E-state index is 12.3. The Morgan fingerprint density at radius 2 is 2.03 bits per heavy atom. The second-order valence-corrected chi connectivity index (χ2v) is 9.44. The van der Waals surface area contributed by atoms with Crippen molar-refractivity contribution in [2.45, 2.75) is 26.8 Å². The lowest BCUT2D eigenvalue weighted by Crippen LogP contribution is -2.22. The molecule has 202 valence electrons. The third-order valence-corrected chi connectivity index (χ3v) is 6.58. The Labute approximate surface area is 231 Å². The second kappa shape index (κ2) is 11.5. The van der Waals surface area contributed by atoms with E-state index < -0.39 is 0 Å². The van der Waals surface area contributed by atoms with Crippen LogP contribution in [0.4, 0.5) is 11.6 Å². The normalized spacial score (nSPS) is 11.6. The zero-order valence-electron chi connectivity index (χ0n) is 22.3. The SMILES string of the molecule is CCOc1c(C(C)Nc2ncnc(N)c2C(=N)c2ccn[nH]2)cc(Cl)c(C)c1-c1ccc(C(=O)N(C)C)nc1. The summed E-state index contributed by atoms with van der Waals surface area (Å²) in [7, 11) is 3.36. The summed E-state index contributed by atoms with van der Waals surface area (Å²) in [5, 5.41) is 19.3. The molecule has 5 N–H and O–H groups in total. The molecule has 3 aromatic heterocycles. The zero-order chi connectivity index (χ0) is 28.3. The van der Waals surface area contributed by atoms with Gasteiger partial charge in [0.05, 0.1) is 29.6 Å². The summed E-state index contributed by atoms with van der Waals surface area (Å²) in [6.07, 6.45) is 4.55. The lowest BCUT2D eigenvalue weighted by molar-refractivity contribution is 0.0822. The number of aromatic nitrogens is 5. The highest BCUT2D eigenvalue weighted by Gasteiger charge is 2.24. The second-order valence-electron chi connectivity index (χ2n) is 9.04. The van der Waals surface area contributed by atoms with E-state index in [0.717, 1.165) is 22.3 Å². The number of nitrogen functional groups attached to an aromatic ring is 1. The van der Waals surface area contributed by atoms with Crippen molar-refractivity contribution in [1.82, 2.24) is 30.0 Å². The molecule has 0 aliphatic carbocycles. The average molecular weight is 548 g/mol. The van der Waals surface area contributed by atoms with Gasteiger partial charge < -0.3 is 20.7 Å². The maximum absolute atomic E-state index is 12.3. The molecule has 3 heterocycles. The van der Waals surface area contributed by atoms with Crippen LogP contribution in [0.15, 0.2) is 43.0 Å². The third-order valence-electron chi connectivity index (χ3n) is 6.19. The minimum absolute atomic E-state index is 0.103. The van der Waals surface area contributed by atoms with Gasteiger partial charge in [-0.25, -0.2) is 9.97 Å². The fraction of sp³-hybridized carbons (Fsp3) is 0.259. The molecule has 0 aliphatic heterocycles. The molecule has 0 fully saturated rings. The quantitative estimate of drug-likeness (QED) is 0.223. The maximum Gasteiger partial charge on any atom is 0.271 e. The predicted molar refractivity (Wildman–Crippen MR) is 152 cm³/mol. The van der Waals surface area contributed by atoms with Gasteiger partial charge in [0.25, 0.3) is 5.91 Å². The molecule has 0 bridgehead atoms. The van der Waals surface area contributed by atoms with Gasteiger partial charge in [-0.1, -0.05) is 17.7 Å². The fourth-order valence-electron chi connectivity index (χ4n) is 4.18. The molecule has 1 aromatic carbocycles. The monoisotopic (exact) mass is 547 g/mol. The Bertz CT molecular complexity index is 1500. The van der Waals surface area contributed by atoms with Crippen LogP contribution in [0.2, 0.25) is 5.02 Å². The number of hydrogen-bond donors (Lipinski definition) is 4. The number of pyridine rings is 1. The predicted octanol–water partition coefficient (Wildman–Crippen LogP) is 4.50. The highest BCUT2D eigenvalue weighted by Crippen LogP contribution is 2.43. The number of nitrogens with zero attached hydrogens (tertiary/aromatic N) is 5. The Balaban J connectivity index is 1.78. The standard InChI is InChI=1S/C27H30ClN9O2/c1-6-39-24-17(11-18(28)14(2)21(24)16-7-8-20(31-12-16)27(38)37(4)5)15(3)35-26-22(25(30)32-13-33-26)23(29)19-9-10-34-36-19/h7-13,15,29H,6H2,1-5H3,(H,34,36)(H3,30,32,33,35). The summed E-state index contributed by atoms with van der Waals surface area (Å²) < 4.78 is 6.18. The van der Waals surface area contributed by atoms with E-state index in [4.69, 9.17) is 27.5 Å². The number of hydrogen-bond acceptors (Lipinski definition) is 9. The van der Waals surface area contributed by atoms with Crippen molar-refractivity contribution in [3.8, 4) is 16.9 Å². The Morgan fingerprint density at radius 1 is 1.26 bits per heavy atom. The number of carbonyl (C=O) groups excluding carboxylic acids is 1. The molecule has 12 heteroatoms. The summed E-state index contributed by atoms with van der Waals surface area (Å²) in [5.41, 5.74) is 10.6. The number of aromatic amines is 1. The van der Waals surface area contributed by atoms with E-state index in [-0.39, 0.29) is 23.5 Å². The van der Waals surface area contributed by atoms with Gasteiger partial charge in [0.2, 0.25) is 0 Å². The molecule has 1 atom stereocenters. The number of anilines is 2. The van der Waals surface area contributed by atoms with E-state index in [1.807, 2.05) is 32.9 Å². The van der Waals surface area contributed by atoms with Crippen molar-refractivity contribution in [3.05, 3.63) is 76.1 Å². The number of rotatable bonds is 9. The van der Waals surface area contributed by atoms with Crippen molar-refractivity contribution < 1.29 is 9.53 Å². The van der Waals surface area contributed by atoms with Crippen LogP contribution in [-0.2, 0) is 0 Å². The van der Waals surface area contributed by atoms with Gasteiger partial charge in [0, 0.05) is 48.2 Å². The number of amides is 1. The van der Waals surface area contributed by atoms with Gasteiger partial charge in [0.15, 0.2) is 0 Å². The van der Waals surface area contributed by atoms with Gasteiger partial charge in [-0.3, -0.25) is 20.3 Å². The summed E-state index contributed by atoms with van der Waals surface area (Å²) in [6, 6.07) is 6.68. The molecule has 0 spiro atoms. The summed E-state index contributed by atoms with van der Waals surface area (Å²) in [4.78, 5) is 26.7. The summed E-state index contributed by atoms with van der Waals surface area (Å²) in [5.74, 6) is 0.975. The Morgan fingerprint density at radius 3 is 2.64 bits per heavy atom. The highest BCUT2D eigenvalue weighted by molar-refractivity contribution is 6.32. The highest BCUT2D eigenvalue weighted by atomic mass is 35.5. The first kappa shape index (κ1) is 27.5. The molecular formula is C27H30ClN9O2. The molecule has 11 nitrogen and oxygen atoms in total. The minimum Gasteiger partial charge on any atom is -0.493 e. The van der Waals surface area contributed by atoms with E-state index in [1.165, 1.54) is 11.2 Å². The largest absolute Gasteiger partial charge is 0.493 e. The smallest absolute Gasteiger partial charge is 0.271 e. The van der Waals surface area contributed by atoms with Crippen LogP contribution < -0.4 is 15.8 Å². The lowest BCUT2D eigenvalue weighted by atomic mass is 9.94. The molecule has 4 aromatic rings. The van der Waals surface area contributed by atoms with Gasteiger partial charge in [0.1, 0.15) is 29.4 Å². The first-order valence-electron chi connectivity index (χ1n) is 12.2. The van der Waals surface area contributed by atoms with Crippen LogP contribution in [0.1, 0.15) is 52.8 Å². The molecule has 0 radical (unpaired) electrons. The van der Waals surface area contributed by atoms with E-state index in [2.05, 4.69) is 30.5 Å². The molecule has 1 unspecified atom stereocenters. The lowest BCUT2D eigenvalue weighted by Gasteiger charge is -2.24. The van der Waals surface area contributed by atoms with Gasteiger partial charge in [-0.05, 0) is 44.5 Å². The number of carbonyl (C=O) groups is 1. The van der Waals surface area contributed by atoms with Crippen LogP contribution in [0.3, 0.4) is 0 Å². The van der Waals surface area contributed by atoms with E-state index in [1.54, 1.807) is 38.6 Å². The van der Waals surface area contributed by atoms with Crippen molar-refractivity contribution in [2.24, 2.45) is 0 Å². The molecule has 0 aliphatic rings.